The van der Waals surface area contributed by atoms with Crippen molar-refractivity contribution in [2.45, 2.75) is 19.3 Å². The summed E-state index contributed by atoms with van der Waals surface area (Å²) >= 11 is 0. The van der Waals surface area contributed by atoms with Crippen molar-refractivity contribution < 1.29 is 19.1 Å². The molecule has 0 bridgehead atoms. The summed E-state index contributed by atoms with van der Waals surface area (Å²) < 4.78 is 10.4. The van der Waals surface area contributed by atoms with E-state index in [4.69, 9.17) is 19.5 Å². The molecule has 8 aromatic rings. The molecule has 8 nitrogen and oxygen atoms in total. The Labute approximate surface area is 353 Å². The van der Waals surface area contributed by atoms with Gasteiger partial charge >= 0.3 is 0 Å². The van der Waals surface area contributed by atoms with E-state index in [1.807, 2.05) is 121 Å². The molecular formula is C53H40N4O4. The number of aliphatic imine (C=N–C) groups is 2. The van der Waals surface area contributed by atoms with Crippen LogP contribution in [-0.2, 0) is 5.41 Å². The molecule has 0 N–H and O–H groups in total. The number of nitrogens with zero attached hydrogens (tertiary/aromatic N) is 4. The van der Waals surface area contributed by atoms with Gasteiger partial charge in [-0.05, 0) is 82.6 Å². The number of anilines is 2. The van der Waals surface area contributed by atoms with Gasteiger partial charge in [-0.3, -0.25) is 19.4 Å². The maximum absolute atomic E-state index is 12.7. The van der Waals surface area contributed by atoms with Crippen LogP contribution in [0.3, 0.4) is 0 Å². The van der Waals surface area contributed by atoms with Gasteiger partial charge < -0.3 is 9.47 Å². The predicted molar refractivity (Wildman–Crippen MR) is 245 cm³/mol. The molecule has 0 atom stereocenters. The first-order valence-corrected chi connectivity index (χ1v) is 20.1. The zero-order valence-corrected chi connectivity index (χ0v) is 34.1. The first kappa shape index (κ1) is 37.4. The average molecular weight is 797 g/mol. The van der Waals surface area contributed by atoms with Crippen molar-refractivity contribution in [3.8, 4) is 11.5 Å². The van der Waals surface area contributed by atoms with Crippen molar-refractivity contribution in [3.63, 3.8) is 0 Å². The lowest BCUT2D eigenvalue weighted by atomic mass is 9.78. The summed E-state index contributed by atoms with van der Waals surface area (Å²) in [6.45, 7) is 4.44. The highest BCUT2D eigenvalue weighted by Crippen LogP contribution is 2.44. The van der Waals surface area contributed by atoms with E-state index in [-0.39, 0.29) is 17.2 Å². The van der Waals surface area contributed by atoms with Crippen LogP contribution >= 0.6 is 0 Å². The third-order valence-electron chi connectivity index (χ3n) is 11.9. The van der Waals surface area contributed by atoms with Crippen molar-refractivity contribution in [2.24, 2.45) is 9.98 Å². The quantitative estimate of drug-likeness (QED) is 0.178. The fourth-order valence-electron chi connectivity index (χ4n) is 8.64. The zero-order chi connectivity index (χ0) is 41.8. The molecule has 4 aliphatic heterocycles. The van der Waals surface area contributed by atoms with Gasteiger partial charge in [0.05, 0.1) is 48.1 Å². The molecule has 0 saturated carbocycles. The molecule has 296 valence electrons. The summed E-state index contributed by atoms with van der Waals surface area (Å²) in [6.07, 6.45) is 0. The fraction of sp³-hybridized carbons (Fsp3) is 0.0943. The molecule has 61 heavy (non-hydrogen) atoms. The van der Waals surface area contributed by atoms with Crippen LogP contribution in [0.25, 0.3) is 21.5 Å². The number of rotatable bonds is 4. The Balaban J connectivity index is 0.000000110. The maximum atomic E-state index is 12.7. The van der Waals surface area contributed by atoms with Crippen molar-refractivity contribution in [1.82, 2.24) is 0 Å². The van der Waals surface area contributed by atoms with Crippen molar-refractivity contribution >= 4 is 67.8 Å². The molecule has 0 radical (unpaired) electrons. The standard InChI is InChI=1S/2C18H10N2O.C17H20O2/c2*21-18-13-8-2-1-7-12(13)17-19-14-9-3-5-11-6-4-10-15(16(11)14)20(17)18;1-17(2,13-5-9-15(18-3)10-6-13)14-7-11-16(19-4)12-8-14/h2*1-10H;5-12H,1-4H3. The highest BCUT2D eigenvalue weighted by Gasteiger charge is 2.39. The Morgan fingerprint density at radius 2 is 0.787 bits per heavy atom. The molecule has 12 rings (SSSR count). The van der Waals surface area contributed by atoms with E-state index in [9.17, 15) is 9.59 Å². The first-order valence-electron chi connectivity index (χ1n) is 20.1. The van der Waals surface area contributed by atoms with Gasteiger partial charge in [0.1, 0.15) is 23.2 Å². The van der Waals surface area contributed by atoms with E-state index in [1.165, 1.54) is 11.1 Å². The molecule has 0 saturated heterocycles. The lowest BCUT2D eigenvalue weighted by molar-refractivity contribution is 0.0999. The van der Waals surface area contributed by atoms with Gasteiger partial charge in [-0.25, -0.2) is 9.98 Å². The predicted octanol–water partition coefficient (Wildman–Crippen LogP) is 11.8. The number of benzene rings is 8. The number of ether oxygens (including phenoxy) is 2. The number of carbonyl (C=O) groups is 2. The summed E-state index contributed by atoms with van der Waals surface area (Å²) in [6, 6.07) is 56.0. The van der Waals surface area contributed by atoms with E-state index in [0.717, 1.165) is 89.7 Å². The van der Waals surface area contributed by atoms with Crippen LogP contribution in [0.1, 0.15) is 56.8 Å². The van der Waals surface area contributed by atoms with Gasteiger partial charge in [0, 0.05) is 27.3 Å². The lowest BCUT2D eigenvalue weighted by Crippen LogP contribution is -2.31. The molecule has 4 heterocycles. The first-order chi connectivity index (χ1) is 29.8. The smallest absolute Gasteiger partial charge is 0.264 e. The van der Waals surface area contributed by atoms with Gasteiger partial charge in [-0.2, -0.15) is 0 Å². The molecular weight excluding hydrogens is 757 g/mol. The van der Waals surface area contributed by atoms with Crippen molar-refractivity contribution in [3.05, 3.63) is 203 Å². The lowest BCUT2D eigenvalue weighted by Gasteiger charge is -2.26. The number of carbonyl (C=O) groups excluding carboxylic acids is 2. The second kappa shape index (κ2) is 14.8. The van der Waals surface area contributed by atoms with E-state index in [1.54, 1.807) is 24.0 Å². The third kappa shape index (κ3) is 6.14. The number of fused-ring (bicyclic) bond motifs is 8. The Morgan fingerprint density at radius 1 is 0.426 bits per heavy atom. The van der Waals surface area contributed by atoms with Crippen LogP contribution in [0.5, 0.6) is 11.5 Å². The zero-order valence-electron chi connectivity index (χ0n) is 34.1. The van der Waals surface area contributed by atoms with Gasteiger partial charge in [-0.15, -0.1) is 0 Å². The Morgan fingerprint density at radius 3 is 1.16 bits per heavy atom. The summed E-state index contributed by atoms with van der Waals surface area (Å²) in [5, 5.41) is 4.31. The Bertz CT molecular complexity index is 2910. The molecule has 0 unspecified atom stereocenters. The molecule has 8 heteroatoms. The summed E-state index contributed by atoms with van der Waals surface area (Å²) in [5.74, 6) is 3.25. The second-order valence-corrected chi connectivity index (χ2v) is 15.6. The minimum atomic E-state index is -0.0431. The summed E-state index contributed by atoms with van der Waals surface area (Å²) in [7, 11) is 3.37. The van der Waals surface area contributed by atoms with E-state index < -0.39 is 0 Å². The maximum Gasteiger partial charge on any atom is 0.264 e. The van der Waals surface area contributed by atoms with Crippen LogP contribution in [-0.4, -0.2) is 37.7 Å². The fourth-order valence-corrected chi connectivity index (χ4v) is 8.64. The van der Waals surface area contributed by atoms with Gasteiger partial charge in [0.15, 0.2) is 0 Å². The van der Waals surface area contributed by atoms with E-state index >= 15 is 0 Å². The van der Waals surface area contributed by atoms with E-state index in [2.05, 4.69) is 62.4 Å². The van der Waals surface area contributed by atoms with Gasteiger partial charge in [0.25, 0.3) is 11.8 Å². The highest BCUT2D eigenvalue weighted by atomic mass is 16.5. The average Bonchev–Trinajstić information content (AvgIpc) is 3.76. The third-order valence-corrected chi connectivity index (χ3v) is 11.9. The van der Waals surface area contributed by atoms with Crippen molar-refractivity contribution in [1.29, 1.82) is 0 Å². The van der Waals surface area contributed by atoms with Crippen LogP contribution in [0.2, 0.25) is 0 Å². The molecule has 2 amide bonds. The van der Waals surface area contributed by atoms with Gasteiger partial charge in [0.2, 0.25) is 0 Å². The Kier molecular flexibility index (Phi) is 9.06. The topological polar surface area (TPSA) is 83.8 Å². The molecule has 8 aromatic carbocycles. The molecule has 4 aliphatic rings. The summed E-state index contributed by atoms with van der Waals surface area (Å²) in [5.41, 5.74) is 9.46. The minimum Gasteiger partial charge on any atom is -0.497 e. The second-order valence-electron chi connectivity index (χ2n) is 15.6. The van der Waals surface area contributed by atoms with Crippen LogP contribution in [0.4, 0.5) is 22.7 Å². The molecule has 0 fully saturated rings. The number of hydrogen-bond donors (Lipinski definition) is 0. The van der Waals surface area contributed by atoms with E-state index in [0.29, 0.717) is 0 Å². The van der Waals surface area contributed by atoms with Crippen LogP contribution in [0.15, 0.2) is 180 Å². The molecule has 0 spiro atoms. The monoisotopic (exact) mass is 796 g/mol. The molecule has 0 aliphatic carbocycles. The summed E-state index contributed by atoms with van der Waals surface area (Å²) in [4.78, 5) is 38.4. The van der Waals surface area contributed by atoms with Crippen LogP contribution in [0, 0.1) is 0 Å². The number of hydrogen-bond acceptors (Lipinski definition) is 6. The number of methoxy groups -OCH3 is 2. The normalized spacial score (nSPS) is 13.8. The Hall–Kier alpha value is -7.84. The van der Waals surface area contributed by atoms with Crippen LogP contribution < -0.4 is 19.3 Å². The minimum absolute atomic E-state index is 0.00588. The number of amides is 2. The highest BCUT2D eigenvalue weighted by molar-refractivity contribution is 6.41. The number of amidine groups is 2. The van der Waals surface area contributed by atoms with Crippen molar-refractivity contribution in [2.75, 3.05) is 24.0 Å². The largest absolute Gasteiger partial charge is 0.497 e. The molecule has 0 aromatic heterocycles. The SMILES string of the molecule is COc1ccc(C(C)(C)c2ccc(OC)cc2)cc1.O=C1c2ccccc2C2=Nc3cccc4cccc(c34)N12.O=C1c2ccccc2C2=Nc3cccc4cccc(c34)N12. The van der Waals surface area contributed by atoms with Gasteiger partial charge in [-0.1, -0.05) is 123 Å².